The lowest BCUT2D eigenvalue weighted by Crippen LogP contribution is -2.52. The van der Waals surface area contributed by atoms with E-state index in [1.165, 1.54) is 0 Å². The van der Waals surface area contributed by atoms with Crippen LogP contribution >= 0.6 is 0 Å². The van der Waals surface area contributed by atoms with Gasteiger partial charge in [0.25, 0.3) is 0 Å². The van der Waals surface area contributed by atoms with Crippen LogP contribution in [0.25, 0.3) is 0 Å². The molecule has 1 rings (SSSR count). The lowest BCUT2D eigenvalue weighted by Gasteiger charge is -2.30. The zero-order chi connectivity index (χ0) is 8.97. The van der Waals surface area contributed by atoms with E-state index in [4.69, 9.17) is 0 Å². The summed E-state index contributed by atoms with van der Waals surface area (Å²) in [5.41, 5.74) is 5.30. The first-order chi connectivity index (χ1) is 5.74. The summed E-state index contributed by atoms with van der Waals surface area (Å²) in [6, 6.07) is 0. The number of rotatable bonds is 3. The number of ketones is 1. The van der Waals surface area contributed by atoms with Gasteiger partial charge in [0.2, 0.25) is 0 Å². The van der Waals surface area contributed by atoms with Crippen LogP contribution in [-0.2, 0) is 4.79 Å². The maximum absolute atomic E-state index is 10.8. The second kappa shape index (κ2) is 4.51. The monoisotopic (exact) mass is 173 g/mol. The molecule has 1 aliphatic heterocycles. The molecule has 1 saturated heterocycles. The molecule has 1 fully saturated rings. The highest BCUT2D eigenvalue weighted by Gasteiger charge is 2.20. The van der Waals surface area contributed by atoms with Crippen molar-refractivity contribution in [3.63, 3.8) is 0 Å². The molecule has 0 aliphatic carbocycles. The second-order valence-electron chi connectivity index (χ2n) is 2.84. The zero-order valence-corrected chi connectivity index (χ0v) is 7.21. The van der Waals surface area contributed by atoms with Crippen molar-refractivity contribution in [1.29, 1.82) is 0 Å². The highest BCUT2D eigenvalue weighted by Crippen LogP contribution is 2.06. The summed E-state index contributed by atoms with van der Waals surface area (Å²) in [6.07, 6.45) is 0.397. The van der Waals surface area contributed by atoms with Crippen molar-refractivity contribution in [3.8, 4) is 0 Å². The van der Waals surface area contributed by atoms with Gasteiger partial charge >= 0.3 is 0 Å². The molecule has 3 N–H and O–H groups in total. The highest BCUT2D eigenvalue weighted by molar-refractivity contribution is 5.79. The van der Waals surface area contributed by atoms with Gasteiger partial charge in [-0.3, -0.25) is 15.1 Å². The van der Waals surface area contributed by atoms with Crippen molar-refractivity contribution in [3.05, 3.63) is 0 Å². The van der Waals surface area contributed by atoms with E-state index in [0.717, 1.165) is 0 Å². The van der Waals surface area contributed by atoms with Gasteiger partial charge in [-0.15, -0.1) is 0 Å². The average molecular weight is 173 g/mol. The molecule has 0 spiro atoms. The van der Waals surface area contributed by atoms with Gasteiger partial charge in [-0.25, -0.2) is 5.43 Å². The van der Waals surface area contributed by atoms with E-state index >= 15 is 0 Å². The smallest absolute Gasteiger partial charge is 0.175 e. The molecule has 0 saturated carbocycles. The number of aliphatic hydroxyl groups is 1. The topological polar surface area (TPSA) is 64.6 Å². The summed E-state index contributed by atoms with van der Waals surface area (Å²) in [6.45, 7) is 1.27. The zero-order valence-electron chi connectivity index (χ0n) is 7.21. The van der Waals surface area contributed by atoms with Crippen LogP contribution in [0.15, 0.2) is 0 Å². The average Bonchev–Trinajstić information content (AvgIpc) is 2.06. The van der Waals surface area contributed by atoms with Crippen LogP contribution in [0.1, 0.15) is 12.8 Å². The molecule has 1 atom stereocenters. The van der Waals surface area contributed by atoms with Gasteiger partial charge in [-0.2, -0.15) is 0 Å². The van der Waals surface area contributed by atoms with E-state index in [2.05, 4.69) is 10.9 Å². The lowest BCUT2D eigenvalue weighted by atomic mass is 10.1. The van der Waals surface area contributed by atoms with E-state index < -0.39 is 6.35 Å². The van der Waals surface area contributed by atoms with E-state index in [1.54, 1.807) is 7.05 Å². The standard InChI is InChI=1S/C7H15N3O2/c1-8-9-7(12)10-4-2-6(11)3-5-10/h7-9,12H,2-5H2,1H3. The Bertz CT molecular complexity index is 153. The number of aliphatic hydroxyl groups excluding tert-OH is 1. The highest BCUT2D eigenvalue weighted by atomic mass is 16.3. The maximum atomic E-state index is 10.8. The van der Waals surface area contributed by atoms with Crippen molar-refractivity contribution in [2.24, 2.45) is 0 Å². The largest absolute Gasteiger partial charge is 0.364 e. The number of hydrogen-bond donors (Lipinski definition) is 3. The SMILES string of the molecule is CNNC(O)N1CCC(=O)CC1. The van der Waals surface area contributed by atoms with Crippen molar-refractivity contribution in [2.75, 3.05) is 20.1 Å². The third-order valence-electron chi connectivity index (χ3n) is 1.98. The number of Topliss-reactive ketones (excluding diaryl/α,β-unsaturated/α-hetero) is 1. The molecule has 0 amide bonds. The molecule has 0 bridgehead atoms. The predicted octanol–water partition coefficient (Wildman–Crippen LogP) is -1.35. The van der Waals surface area contributed by atoms with Crippen LogP contribution in [0.5, 0.6) is 0 Å². The lowest BCUT2D eigenvalue weighted by molar-refractivity contribution is -0.125. The number of hydrazine groups is 1. The summed E-state index contributed by atoms with van der Waals surface area (Å²) in [5, 5.41) is 9.40. The van der Waals surface area contributed by atoms with Crippen LogP contribution in [0.2, 0.25) is 0 Å². The van der Waals surface area contributed by atoms with E-state index in [-0.39, 0.29) is 5.78 Å². The molecule has 1 heterocycles. The van der Waals surface area contributed by atoms with Crippen LogP contribution in [-0.4, -0.2) is 42.3 Å². The molecule has 70 valence electrons. The Labute approximate surface area is 71.7 Å². The summed E-state index contributed by atoms with van der Waals surface area (Å²) in [7, 11) is 1.69. The third kappa shape index (κ3) is 2.53. The number of hydrogen-bond acceptors (Lipinski definition) is 5. The first kappa shape index (κ1) is 9.60. The Morgan fingerprint density at radius 1 is 1.50 bits per heavy atom. The van der Waals surface area contributed by atoms with Gasteiger partial charge in [0.1, 0.15) is 5.78 Å². The fourth-order valence-electron chi connectivity index (χ4n) is 1.24. The molecule has 5 heteroatoms. The predicted molar refractivity (Wildman–Crippen MR) is 44.0 cm³/mol. The Kier molecular flexibility index (Phi) is 3.61. The molecule has 0 aromatic heterocycles. The number of piperidine rings is 1. The van der Waals surface area contributed by atoms with E-state index in [9.17, 15) is 9.90 Å². The molecule has 12 heavy (non-hydrogen) atoms. The minimum Gasteiger partial charge on any atom is -0.364 e. The molecule has 1 unspecified atom stereocenters. The second-order valence-corrected chi connectivity index (χ2v) is 2.84. The first-order valence-corrected chi connectivity index (χ1v) is 4.10. The maximum Gasteiger partial charge on any atom is 0.175 e. The summed E-state index contributed by atoms with van der Waals surface area (Å²) in [5.74, 6) is 0.280. The number of carbonyl (C=O) groups excluding carboxylic acids is 1. The van der Waals surface area contributed by atoms with Gasteiger partial charge in [-0.1, -0.05) is 0 Å². The number of nitrogens with one attached hydrogen (secondary N) is 2. The van der Waals surface area contributed by atoms with Gasteiger partial charge in [0.05, 0.1) is 0 Å². The number of carbonyl (C=O) groups is 1. The van der Waals surface area contributed by atoms with E-state index in [0.29, 0.717) is 25.9 Å². The molecular formula is C7H15N3O2. The minimum atomic E-state index is -0.692. The molecule has 0 radical (unpaired) electrons. The molecule has 0 aromatic rings. The van der Waals surface area contributed by atoms with Crippen LogP contribution in [0.3, 0.4) is 0 Å². The van der Waals surface area contributed by atoms with Gasteiger partial charge in [0.15, 0.2) is 6.35 Å². The molecule has 5 nitrogen and oxygen atoms in total. The Morgan fingerprint density at radius 3 is 2.58 bits per heavy atom. The molecular weight excluding hydrogens is 158 g/mol. The normalized spacial score (nSPS) is 22.7. The first-order valence-electron chi connectivity index (χ1n) is 4.10. The van der Waals surface area contributed by atoms with Gasteiger partial charge < -0.3 is 5.11 Å². The third-order valence-corrected chi connectivity index (χ3v) is 1.98. The Morgan fingerprint density at radius 2 is 2.08 bits per heavy atom. The Balaban J connectivity index is 2.28. The summed E-state index contributed by atoms with van der Waals surface area (Å²) < 4.78 is 0. The number of nitrogens with zero attached hydrogens (tertiary/aromatic N) is 1. The van der Waals surface area contributed by atoms with Gasteiger partial charge in [0, 0.05) is 25.9 Å². The van der Waals surface area contributed by atoms with Crippen molar-refractivity contribution in [1.82, 2.24) is 15.8 Å². The van der Waals surface area contributed by atoms with Crippen LogP contribution in [0, 0.1) is 0 Å². The Hall–Kier alpha value is -0.490. The molecule has 1 aliphatic rings. The minimum absolute atomic E-state index is 0.280. The summed E-state index contributed by atoms with van der Waals surface area (Å²) in [4.78, 5) is 12.7. The fraction of sp³-hybridized carbons (Fsp3) is 0.857. The summed E-state index contributed by atoms with van der Waals surface area (Å²) >= 11 is 0. The van der Waals surface area contributed by atoms with Crippen molar-refractivity contribution in [2.45, 2.75) is 19.2 Å². The number of likely N-dealkylation sites (tertiary alicyclic amines) is 1. The quantitative estimate of drug-likeness (QED) is 0.364. The van der Waals surface area contributed by atoms with Crippen LogP contribution in [0.4, 0.5) is 0 Å². The fourth-order valence-corrected chi connectivity index (χ4v) is 1.24. The van der Waals surface area contributed by atoms with Crippen molar-refractivity contribution < 1.29 is 9.90 Å². The van der Waals surface area contributed by atoms with Crippen LogP contribution < -0.4 is 10.9 Å². The molecule has 0 aromatic carbocycles. The van der Waals surface area contributed by atoms with E-state index in [1.807, 2.05) is 4.90 Å². The van der Waals surface area contributed by atoms with Crippen molar-refractivity contribution >= 4 is 5.78 Å². The van der Waals surface area contributed by atoms with Gasteiger partial charge in [-0.05, 0) is 7.05 Å².